The normalized spacial score (nSPS) is 19.9. The van der Waals surface area contributed by atoms with Crippen molar-refractivity contribution in [2.75, 3.05) is 19.0 Å². The topological polar surface area (TPSA) is 32.3 Å². The standard InChI is InChI=1S/C15H22N2O/c1-15(2,3)10-6-7-13-11(8-10)12(16-4)9-14(18)17(13)5/h6-8,12,16H,9H2,1-5H3. The molecule has 1 aliphatic heterocycles. The van der Waals surface area contributed by atoms with Crippen molar-refractivity contribution in [3.8, 4) is 0 Å². The number of carbonyl (C=O) groups is 1. The van der Waals surface area contributed by atoms with E-state index in [0.717, 1.165) is 5.69 Å². The second kappa shape index (κ2) is 4.39. The Kier molecular flexibility index (Phi) is 3.20. The Morgan fingerprint density at radius 2 is 2.00 bits per heavy atom. The van der Waals surface area contributed by atoms with Gasteiger partial charge in [0, 0.05) is 25.2 Å². The van der Waals surface area contributed by atoms with E-state index < -0.39 is 0 Å². The van der Waals surface area contributed by atoms with E-state index in [2.05, 4.69) is 44.3 Å². The maximum atomic E-state index is 11.9. The number of benzene rings is 1. The highest BCUT2D eigenvalue weighted by atomic mass is 16.2. The van der Waals surface area contributed by atoms with Gasteiger partial charge >= 0.3 is 0 Å². The van der Waals surface area contributed by atoms with Crippen molar-refractivity contribution < 1.29 is 4.79 Å². The molecule has 1 aromatic carbocycles. The van der Waals surface area contributed by atoms with Crippen LogP contribution in [0.4, 0.5) is 5.69 Å². The Morgan fingerprint density at radius 1 is 1.33 bits per heavy atom. The van der Waals surface area contributed by atoms with Crippen molar-refractivity contribution in [3.05, 3.63) is 29.3 Å². The van der Waals surface area contributed by atoms with Crippen LogP contribution >= 0.6 is 0 Å². The lowest BCUT2D eigenvalue weighted by molar-refractivity contribution is -0.119. The molecule has 0 fully saturated rings. The lowest BCUT2D eigenvalue weighted by Crippen LogP contribution is -2.37. The number of carbonyl (C=O) groups excluding carboxylic acids is 1. The van der Waals surface area contributed by atoms with Crippen LogP contribution in [0.25, 0.3) is 0 Å². The fourth-order valence-corrected chi connectivity index (χ4v) is 2.42. The Morgan fingerprint density at radius 3 is 2.56 bits per heavy atom. The molecule has 0 radical (unpaired) electrons. The third kappa shape index (κ3) is 2.15. The summed E-state index contributed by atoms with van der Waals surface area (Å²) < 4.78 is 0. The monoisotopic (exact) mass is 246 g/mol. The van der Waals surface area contributed by atoms with Gasteiger partial charge in [0.1, 0.15) is 0 Å². The lowest BCUT2D eigenvalue weighted by Gasteiger charge is -2.33. The molecular weight excluding hydrogens is 224 g/mol. The predicted octanol–water partition coefficient (Wildman–Crippen LogP) is 2.61. The van der Waals surface area contributed by atoms with E-state index in [4.69, 9.17) is 0 Å². The molecule has 0 saturated heterocycles. The number of hydrogen-bond donors (Lipinski definition) is 1. The maximum absolute atomic E-state index is 11.9. The molecule has 1 aromatic rings. The Labute approximate surface area is 109 Å². The molecule has 1 N–H and O–H groups in total. The summed E-state index contributed by atoms with van der Waals surface area (Å²) in [5, 5.41) is 3.24. The summed E-state index contributed by atoms with van der Waals surface area (Å²) in [6, 6.07) is 6.56. The van der Waals surface area contributed by atoms with Gasteiger partial charge in [-0.15, -0.1) is 0 Å². The van der Waals surface area contributed by atoms with Crippen LogP contribution in [0.2, 0.25) is 0 Å². The lowest BCUT2D eigenvalue weighted by atomic mass is 9.83. The van der Waals surface area contributed by atoms with E-state index in [-0.39, 0.29) is 17.4 Å². The van der Waals surface area contributed by atoms with Gasteiger partial charge in [0.05, 0.1) is 0 Å². The first-order valence-corrected chi connectivity index (χ1v) is 6.43. The number of fused-ring (bicyclic) bond motifs is 1. The molecule has 3 heteroatoms. The van der Waals surface area contributed by atoms with Gasteiger partial charge in [-0.3, -0.25) is 4.79 Å². The molecule has 98 valence electrons. The smallest absolute Gasteiger partial charge is 0.228 e. The summed E-state index contributed by atoms with van der Waals surface area (Å²) in [5.41, 5.74) is 3.70. The van der Waals surface area contributed by atoms with Crippen molar-refractivity contribution in [3.63, 3.8) is 0 Å². The summed E-state index contributed by atoms with van der Waals surface area (Å²) in [5.74, 6) is 0.172. The zero-order valence-corrected chi connectivity index (χ0v) is 11.9. The quantitative estimate of drug-likeness (QED) is 0.826. The number of nitrogens with one attached hydrogen (secondary N) is 1. The zero-order chi connectivity index (χ0) is 13.5. The van der Waals surface area contributed by atoms with Crippen molar-refractivity contribution in [2.45, 2.75) is 38.6 Å². The highest BCUT2D eigenvalue weighted by Crippen LogP contribution is 2.36. The van der Waals surface area contributed by atoms with E-state index in [1.807, 2.05) is 14.1 Å². The second-order valence-corrected chi connectivity index (χ2v) is 6.02. The van der Waals surface area contributed by atoms with E-state index in [1.165, 1.54) is 11.1 Å². The van der Waals surface area contributed by atoms with Crippen molar-refractivity contribution in [1.82, 2.24) is 5.32 Å². The van der Waals surface area contributed by atoms with Crippen LogP contribution in [-0.4, -0.2) is 20.0 Å². The molecule has 2 rings (SSSR count). The molecule has 3 nitrogen and oxygen atoms in total. The highest BCUT2D eigenvalue weighted by Gasteiger charge is 2.29. The fourth-order valence-electron chi connectivity index (χ4n) is 2.42. The first-order valence-electron chi connectivity index (χ1n) is 6.43. The minimum atomic E-state index is 0.131. The summed E-state index contributed by atoms with van der Waals surface area (Å²) in [4.78, 5) is 13.7. The average Bonchev–Trinajstić information content (AvgIpc) is 2.32. The van der Waals surface area contributed by atoms with E-state index >= 15 is 0 Å². The Hall–Kier alpha value is -1.35. The van der Waals surface area contributed by atoms with Gasteiger partial charge in [0.2, 0.25) is 5.91 Å². The third-order valence-electron chi connectivity index (χ3n) is 3.73. The van der Waals surface area contributed by atoms with Crippen LogP contribution in [0.15, 0.2) is 18.2 Å². The first-order chi connectivity index (χ1) is 8.34. The molecule has 1 amide bonds. The number of amides is 1. The van der Waals surface area contributed by atoms with Gasteiger partial charge in [-0.2, -0.15) is 0 Å². The minimum absolute atomic E-state index is 0.131. The van der Waals surface area contributed by atoms with Crippen LogP contribution in [0.5, 0.6) is 0 Å². The molecular formula is C15H22N2O. The molecule has 1 aliphatic rings. The summed E-state index contributed by atoms with van der Waals surface area (Å²) in [7, 11) is 3.76. The number of hydrogen-bond acceptors (Lipinski definition) is 2. The van der Waals surface area contributed by atoms with Crippen LogP contribution in [-0.2, 0) is 10.2 Å². The molecule has 0 bridgehead atoms. The first kappa shape index (κ1) is 13.1. The van der Waals surface area contributed by atoms with Gasteiger partial charge in [0.15, 0.2) is 0 Å². The molecule has 18 heavy (non-hydrogen) atoms. The third-order valence-corrected chi connectivity index (χ3v) is 3.73. The van der Waals surface area contributed by atoms with Gasteiger partial charge in [0.25, 0.3) is 0 Å². The van der Waals surface area contributed by atoms with Crippen LogP contribution < -0.4 is 10.2 Å². The molecule has 0 aliphatic carbocycles. The largest absolute Gasteiger partial charge is 0.315 e. The maximum Gasteiger partial charge on any atom is 0.228 e. The Bertz CT molecular complexity index is 474. The number of nitrogens with zero attached hydrogens (tertiary/aromatic N) is 1. The fraction of sp³-hybridized carbons (Fsp3) is 0.533. The average molecular weight is 246 g/mol. The van der Waals surface area contributed by atoms with Crippen LogP contribution in [0, 0.1) is 0 Å². The van der Waals surface area contributed by atoms with E-state index in [1.54, 1.807) is 4.90 Å². The summed E-state index contributed by atoms with van der Waals surface area (Å²) in [6.07, 6.45) is 0.535. The van der Waals surface area contributed by atoms with E-state index in [0.29, 0.717) is 6.42 Å². The van der Waals surface area contributed by atoms with Gasteiger partial charge in [-0.05, 0) is 29.7 Å². The van der Waals surface area contributed by atoms with Crippen molar-refractivity contribution in [1.29, 1.82) is 0 Å². The summed E-state index contributed by atoms with van der Waals surface area (Å²) in [6.45, 7) is 6.63. The second-order valence-electron chi connectivity index (χ2n) is 6.02. The van der Waals surface area contributed by atoms with Gasteiger partial charge in [-0.1, -0.05) is 32.9 Å². The Balaban J connectivity index is 2.53. The predicted molar refractivity (Wildman–Crippen MR) is 75.0 cm³/mol. The SMILES string of the molecule is CNC1CC(=O)N(C)c2ccc(C(C)(C)C)cc21. The number of anilines is 1. The zero-order valence-electron chi connectivity index (χ0n) is 11.9. The minimum Gasteiger partial charge on any atom is -0.315 e. The molecule has 0 aromatic heterocycles. The van der Waals surface area contributed by atoms with Crippen LogP contribution in [0.3, 0.4) is 0 Å². The number of rotatable bonds is 1. The molecule has 1 unspecified atom stereocenters. The molecule has 0 saturated carbocycles. The van der Waals surface area contributed by atoms with Crippen LogP contribution in [0.1, 0.15) is 44.4 Å². The molecule has 1 atom stereocenters. The van der Waals surface area contributed by atoms with Crippen molar-refractivity contribution in [2.24, 2.45) is 0 Å². The van der Waals surface area contributed by atoms with Gasteiger partial charge in [-0.25, -0.2) is 0 Å². The van der Waals surface area contributed by atoms with Crippen molar-refractivity contribution >= 4 is 11.6 Å². The molecule has 1 heterocycles. The summed E-state index contributed by atoms with van der Waals surface area (Å²) >= 11 is 0. The highest BCUT2D eigenvalue weighted by molar-refractivity contribution is 5.96. The molecule has 0 spiro atoms. The van der Waals surface area contributed by atoms with Gasteiger partial charge < -0.3 is 10.2 Å². The van der Waals surface area contributed by atoms with E-state index in [9.17, 15) is 4.79 Å².